The van der Waals surface area contributed by atoms with Gasteiger partial charge in [0.2, 0.25) is 23.6 Å². The van der Waals surface area contributed by atoms with E-state index < -0.39 is 79.7 Å². The van der Waals surface area contributed by atoms with Crippen LogP contribution in [0, 0.1) is 0 Å². The number of carbonyl (C=O) groups is 8. The van der Waals surface area contributed by atoms with Gasteiger partial charge in [-0.2, -0.15) is 0 Å². The van der Waals surface area contributed by atoms with Crippen LogP contribution in [0.1, 0.15) is 12.5 Å². The van der Waals surface area contributed by atoms with E-state index in [2.05, 4.69) is 31.9 Å². The van der Waals surface area contributed by atoms with Crippen molar-refractivity contribution in [3.8, 4) is 0 Å². The van der Waals surface area contributed by atoms with Crippen LogP contribution in [0.15, 0.2) is 24.3 Å². The molecule has 10 N–H and O–H groups in total. The minimum atomic E-state index is -1.26. The van der Waals surface area contributed by atoms with Crippen molar-refractivity contribution < 1.29 is 58.8 Å². The lowest BCUT2D eigenvalue weighted by Crippen LogP contribution is -2.55. The van der Waals surface area contributed by atoms with Gasteiger partial charge in [-0.1, -0.05) is 12.1 Å². The summed E-state index contributed by atoms with van der Waals surface area (Å²) in [5, 5.41) is 52.3. The fourth-order valence-corrected chi connectivity index (χ4v) is 5.92. The Morgan fingerprint density at radius 2 is 0.965 bits per heavy atom. The van der Waals surface area contributed by atoms with E-state index >= 15 is 0 Å². The van der Waals surface area contributed by atoms with Crippen LogP contribution in [0.4, 0.5) is 5.69 Å². The highest BCUT2D eigenvalue weighted by Gasteiger charge is 2.28. The lowest BCUT2D eigenvalue weighted by atomic mass is 10.0. The van der Waals surface area contributed by atoms with Crippen LogP contribution in [-0.2, 0) is 44.8 Å². The normalized spacial score (nSPS) is 16.1. The zero-order valence-electron chi connectivity index (χ0n) is 31.7. The molecule has 1 aliphatic heterocycles. The van der Waals surface area contributed by atoms with Gasteiger partial charge in [0.15, 0.2) is 5.11 Å². The topological polar surface area (TPSA) is 303 Å². The molecule has 23 heteroatoms. The Bertz CT molecular complexity index is 1570. The zero-order valence-corrected chi connectivity index (χ0v) is 32.5. The molecule has 1 saturated heterocycles. The van der Waals surface area contributed by atoms with Gasteiger partial charge in [0.05, 0.1) is 26.2 Å². The fourth-order valence-electron chi connectivity index (χ4n) is 5.65. The van der Waals surface area contributed by atoms with Crippen molar-refractivity contribution in [2.45, 2.75) is 19.4 Å². The first-order valence-corrected chi connectivity index (χ1v) is 18.4. The van der Waals surface area contributed by atoms with Crippen LogP contribution in [-0.4, -0.2) is 203 Å². The van der Waals surface area contributed by atoms with Crippen LogP contribution in [0.25, 0.3) is 0 Å². The van der Waals surface area contributed by atoms with Gasteiger partial charge >= 0.3 is 23.9 Å². The van der Waals surface area contributed by atoms with Crippen molar-refractivity contribution in [3.05, 3.63) is 29.8 Å². The molecule has 1 aromatic carbocycles. The molecule has 22 nitrogen and oxygen atoms in total. The molecule has 0 aliphatic carbocycles. The standard InChI is InChI=1S/C34H52N10O12S/c1-2-35-34(57)40-24-5-3-23(4-6-24)13-25-18-43(21-28(47)38-16-32(53)54)10-9-41(19-26(45)36-14-30(49)50)7-8-42(20-27(46)37-15-31(51)52)11-12-44(25)22-29(48)39-17-33(55)56/h3-6,25H,2,7-22H2,1H3,(H,36,45)(H,37,46)(H,38,47)(H,39,48)(H,49,50)(H,51,52)(H,53,54)(H,55,56)(H2,35,40,57)/t25-/m0/s1. The number of aliphatic carboxylic acids is 4. The molecule has 0 spiro atoms. The van der Waals surface area contributed by atoms with E-state index in [1.807, 2.05) is 19.1 Å². The summed E-state index contributed by atoms with van der Waals surface area (Å²) in [6.07, 6.45) is 0.289. The lowest BCUT2D eigenvalue weighted by molar-refractivity contribution is -0.138. The largest absolute Gasteiger partial charge is 0.480 e. The number of hydrogen-bond donors (Lipinski definition) is 10. The first-order chi connectivity index (χ1) is 27.0. The van der Waals surface area contributed by atoms with Crippen molar-refractivity contribution >= 4 is 70.5 Å². The summed E-state index contributed by atoms with van der Waals surface area (Å²) in [5.74, 6) is -7.41. The Balaban J connectivity index is 2.57. The summed E-state index contributed by atoms with van der Waals surface area (Å²) in [4.78, 5) is 103. The van der Waals surface area contributed by atoms with E-state index in [0.717, 1.165) is 5.56 Å². The Kier molecular flexibility index (Phi) is 21.4. The van der Waals surface area contributed by atoms with Gasteiger partial charge in [-0.15, -0.1) is 0 Å². The predicted molar refractivity (Wildman–Crippen MR) is 207 cm³/mol. The second kappa shape index (κ2) is 25.6. The molecule has 0 radical (unpaired) electrons. The Morgan fingerprint density at radius 1 is 0.579 bits per heavy atom. The van der Waals surface area contributed by atoms with Gasteiger partial charge in [-0.25, -0.2) is 0 Å². The summed E-state index contributed by atoms with van der Waals surface area (Å²) in [6, 6.07) is 6.73. The number of nitrogens with zero attached hydrogens (tertiary/aromatic N) is 4. The lowest BCUT2D eigenvalue weighted by Gasteiger charge is -2.38. The molecular weight excluding hydrogens is 772 g/mol. The highest BCUT2D eigenvalue weighted by Crippen LogP contribution is 2.16. The first kappa shape index (κ1) is 47.7. The molecule has 57 heavy (non-hydrogen) atoms. The number of nitrogens with one attached hydrogen (secondary N) is 6. The molecule has 1 aliphatic rings. The van der Waals surface area contributed by atoms with Crippen LogP contribution in [0.2, 0.25) is 0 Å². The first-order valence-electron chi connectivity index (χ1n) is 18.0. The highest BCUT2D eigenvalue weighted by atomic mass is 32.1. The summed E-state index contributed by atoms with van der Waals surface area (Å²) in [7, 11) is 0. The number of amides is 4. The van der Waals surface area contributed by atoms with Gasteiger partial charge in [-0.05, 0) is 43.3 Å². The molecule has 0 unspecified atom stereocenters. The SMILES string of the molecule is CCNC(=S)Nc1ccc(C[C@H]2CN(CC(=O)NCC(=O)O)CCN(CC(=O)NCC(=O)O)CCN(CC(=O)NCC(=O)O)CCN2CC(=O)NCC(=O)O)cc1. The van der Waals surface area contributed by atoms with Gasteiger partial charge in [0, 0.05) is 64.1 Å². The van der Waals surface area contributed by atoms with Crippen LogP contribution >= 0.6 is 12.2 Å². The molecule has 4 amide bonds. The molecule has 1 heterocycles. The molecule has 1 fully saturated rings. The molecular formula is C34H52N10O12S. The monoisotopic (exact) mass is 824 g/mol. The maximum Gasteiger partial charge on any atom is 0.322 e. The van der Waals surface area contributed by atoms with Crippen molar-refractivity contribution in [3.63, 3.8) is 0 Å². The van der Waals surface area contributed by atoms with Gasteiger partial charge in [-0.3, -0.25) is 58.0 Å². The summed E-state index contributed by atoms with van der Waals surface area (Å²) >= 11 is 5.28. The summed E-state index contributed by atoms with van der Waals surface area (Å²) in [6.45, 7) is -0.113. The van der Waals surface area contributed by atoms with E-state index in [1.54, 1.807) is 31.7 Å². The second-order valence-corrected chi connectivity index (χ2v) is 13.4. The highest BCUT2D eigenvalue weighted by molar-refractivity contribution is 7.80. The van der Waals surface area contributed by atoms with Crippen molar-refractivity contribution in [2.75, 3.05) is 110 Å². The van der Waals surface area contributed by atoms with Crippen molar-refractivity contribution in [1.82, 2.24) is 46.2 Å². The maximum atomic E-state index is 13.2. The Labute approximate surface area is 334 Å². The van der Waals surface area contributed by atoms with Crippen molar-refractivity contribution in [1.29, 1.82) is 0 Å². The van der Waals surface area contributed by atoms with Crippen molar-refractivity contribution in [2.24, 2.45) is 0 Å². The predicted octanol–water partition coefficient (Wildman–Crippen LogP) is -4.07. The minimum absolute atomic E-state index is 0.107. The number of anilines is 1. The molecule has 0 aromatic heterocycles. The van der Waals surface area contributed by atoms with E-state index in [1.165, 1.54) is 0 Å². The van der Waals surface area contributed by atoms with E-state index in [0.29, 0.717) is 17.3 Å². The van der Waals surface area contributed by atoms with E-state index in [9.17, 15) is 43.5 Å². The molecule has 0 saturated carbocycles. The molecule has 1 atom stereocenters. The second-order valence-electron chi connectivity index (χ2n) is 13.0. The number of rotatable bonds is 20. The average molecular weight is 825 g/mol. The van der Waals surface area contributed by atoms with Gasteiger partial charge in [0.1, 0.15) is 26.2 Å². The number of thiocarbonyl (C=S) groups is 1. The van der Waals surface area contributed by atoms with E-state index in [-0.39, 0.29) is 78.4 Å². The number of carboxylic acid groups (broad SMARTS) is 4. The third-order valence-electron chi connectivity index (χ3n) is 8.37. The zero-order chi connectivity index (χ0) is 42.3. The summed E-state index contributed by atoms with van der Waals surface area (Å²) < 4.78 is 0. The number of hydrogen-bond acceptors (Lipinski definition) is 13. The van der Waals surface area contributed by atoms with Gasteiger partial charge in [0.25, 0.3) is 0 Å². The molecule has 2 rings (SSSR count). The van der Waals surface area contributed by atoms with Crippen LogP contribution in [0.5, 0.6) is 0 Å². The Hall–Kier alpha value is -5.49. The quantitative estimate of drug-likeness (QED) is 0.0560. The molecule has 316 valence electrons. The smallest absolute Gasteiger partial charge is 0.322 e. The van der Waals surface area contributed by atoms with E-state index in [4.69, 9.17) is 27.5 Å². The minimum Gasteiger partial charge on any atom is -0.480 e. The third-order valence-corrected chi connectivity index (χ3v) is 8.62. The maximum absolute atomic E-state index is 13.2. The number of benzene rings is 1. The molecule has 0 bridgehead atoms. The van der Waals surface area contributed by atoms with Crippen LogP contribution < -0.4 is 31.9 Å². The third kappa shape index (κ3) is 21.4. The molecule has 1 aromatic rings. The fraction of sp³-hybridized carbons (Fsp3) is 0.559. The average Bonchev–Trinajstić information content (AvgIpc) is 3.13. The number of carbonyl (C=O) groups excluding carboxylic acids is 4. The summed E-state index contributed by atoms with van der Waals surface area (Å²) in [5.41, 5.74) is 1.51. The van der Waals surface area contributed by atoms with Gasteiger partial charge < -0.3 is 52.3 Å². The Morgan fingerprint density at radius 3 is 1.39 bits per heavy atom. The number of carboxylic acids is 4. The van der Waals surface area contributed by atoms with Crippen LogP contribution in [0.3, 0.4) is 0 Å².